The number of ether oxygens (including phenoxy) is 1. The molecule has 0 bridgehead atoms. The SMILES string of the molecule is C/C=C/CCCCC(CC)C(=O)Nc1ccc(Oc2ccccc2)cc1. The fraction of sp³-hybridized carbons (Fsp3) is 0.348. The van der Waals surface area contributed by atoms with E-state index in [4.69, 9.17) is 4.74 Å². The van der Waals surface area contributed by atoms with Gasteiger partial charge in [0.1, 0.15) is 11.5 Å². The Morgan fingerprint density at radius 1 is 1.04 bits per heavy atom. The van der Waals surface area contributed by atoms with E-state index in [0.717, 1.165) is 49.3 Å². The summed E-state index contributed by atoms with van der Waals surface area (Å²) < 4.78 is 5.77. The number of para-hydroxylation sites is 1. The van der Waals surface area contributed by atoms with E-state index in [-0.39, 0.29) is 11.8 Å². The van der Waals surface area contributed by atoms with Gasteiger partial charge in [-0.15, -0.1) is 0 Å². The Hall–Kier alpha value is -2.55. The van der Waals surface area contributed by atoms with Crippen molar-refractivity contribution in [2.24, 2.45) is 5.92 Å². The van der Waals surface area contributed by atoms with Crippen molar-refractivity contribution in [3.8, 4) is 11.5 Å². The van der Waals surface area contributed by atoms with Gasteiger partial charge in [0, 0.05) is 11.6 Å². The van der Waals surface area contributed by atoms with Crippen molar-refractivity contribution in [1.82, 2.24) is 0 Å². The molecule has 0 fully saturated rings. The number of amides is 1. The molecule has 3 heteroatoms. The molecule has 2 rings (SSSR count). The van der Waals surface area contributed by atoms with Gasteiger partial charge in [0.05, 0.1) is 0 Å². The molecule has 0 saturated heterocycles. The van der Waals surface area contributed by atoms with Gasteiger partial charge in [-0.3, -0.25) is 4.79 Å². The van der Waals surface area contributed by atoms with Gasteiger partial charge in [0.15, 0.2) is 0 Å². The minimum Gasteiger partial charge on any atom is -0.457 e. The molecule has 1 amide bonds. The zero-order valence-electron chi connectivity index (χ0n) is 15.8. The van der Waals surface area contributed by atoms with Gasteiger partial charge in [-0.2, -0.15) is 0 Å². The molecule has 0 aliphatic carbocycles. The molecule has 0 saturated carbocycles. The monoisotopic (exact) mass is 351 g/mol. The fourth-order valence-electron chi connectivity index (χ4n) is 2.82. The van der Waals surface area contributed by atoms with Crippen molar-refractivity contribution in [2.75, 3.05) is 5.32 Å². The quantitative estimate of drug-likeness (QED) is 0.388. The lowest BCUT2D eigenvalue weighted by molar-refractivity contribution is -0.120. The highest BCUT2D eigenvalue weighted by Crippen LogP contribution is 2.23. The lowest BCUT2D eigenvalue weighted by Crippen LogP contribution is -2.22. The van der Waals surface area contributed by atoms with Gasteiger partial charge in [-0.05, 0) is 69.0 Å². The van der Waals surface area contributed by atoms with Crippen LogP contribution in [0.3, 0.4) is 0 Å². The Balaban J connectivity index is 1.83. The molecule has 0 aliphatic heterocycles. The molecule has 2 aromatic rings. The summed E-state index contributed by atoms with van der Waals surface area (Å²) in [6.07, 6.45) is 9.38. The third kappa shape index (κ3) is 6.75. The molecule has 2 aromatic carbocycles. The zero-order valence-corrected chi connectivity index (χ0v) is 15.8. The van der Waals surface area contributed by atoms with E-state index in [1.54, 1.807) is 0 Å². The van der Waals surface area contributed by atoms with Crippen LogP contribution in [0.5, 0.6) is 11.5 Å². The minimum absolute atomic E-state index is 0.0702. The van der Waals surface area contributed by atoms with E-state index in [0.29, 0.717) is 0 Å². The van der Waals surface area contributed by atoms with Crippen LogP contribution >= 0.6 is 0 Å². The molecule has 1 N–H and O–H groups in total. The Bertz CT molecular complexity index is 677. The summed E-state index contributed by atoms with van der Waals surface area (Å²) in [4.78, 5) is 12.5. The van der Waals surface area contributed by atoms with E-state index in [2.05, 4.69) is 24.4 Å². The molecule has 26 heavy (non-hydrogen) atoms. The molecule has 1 unspecified atom stereocenters. The number of carbonyl (C=O) groups is 1. The van der Waals surface area contributed by atoms with E-state index in [1.807, 2.05) is 61.5 Å². The van der Waals surface area contributed by atoms with Crippen molar-refractivity contribution >= 4 is 11.6 Å². The fourth-order valence-corrected chi connectivity index (χ4v) is 2.82. The summed E-state index contributed by atoms with van der Waals surface area (Å²) in [5.41, 5.74) is 0.808. The lowest BCUT2D eigenvalue weighted by Gasteiger charge is -2.15. The normalized spacial score (nSPS) is 12.1. The summed E-state index contributed by atoms with van der Waals surface area (Å²) in [5.74, 6) is 1.73. The largest absolute Gasteiger partial charge is 0.457 e. The second-order valence-electron chi connectivity index (χ2n) is 6.39. The molecule has 138 valence electrons. The number of hydrogen-bond acceptors (Lipinski definition) is 2. The molecule has 3 nitrogen and oxygen atoms in total. The maximum atomic E-state index is 12.5. The van der Waals surface area contributed by atoms with Gasteiger partial charge >= 0.3 is 0 Å². The first kappa shape index (κ1) is 19.8. The van der Waals surface area contributed by atoms with Crippen LogP contribution in [0.1, 0.15) is 46.0 Å². The average molecular weight is 351 g/mol. The van der Waals surface area contributed by atoms with Gasteiger partial charge in [0.2, 0.25) is 5.91 Å². The summed E-state index contributed by atoms with van der Waals surface area (Å²) in [5, 5.41) is 3.03. The number of unbranched alkanes of at least 4 members (excludes halogenated alkanes) is 2. The number of anilines is 1. The minimum atomic E-state index is 0.0702. The van der Waals surface area contributed by atoms with Crippen LogP contribution in [0.4, 0.5) is 5.69 Å². The van der Waals surface area contributed by atoms with E-state index in [9.17, 15) is 4.79 Å². The van der Waals surface area contributed by atoms with Crippen LogP contribution in [0.2, 0.25) is 0 Å². The number of carbonyl (C=O) groups excluding carboxylic acids is 1. The summed E-state index contributed by atoms with van der Waals surface area (Å²) in [6.45, 7) is 4.12. The van der Waals surface area contributed by atoms with Crippen molar-refractivity contribution < 1.29 is 9.53 Å². The third-order valence-corrected chi connectivity index (χ3v) is 4.37. The average Bonchev–Trinajstić information content (AvgIpc) is 2.67. The maximum absolute atomic E-state index is 12.5. The van der Waals surface area contributed by atoms with Crippen molar-refractivity contribution in [3.05, 3.63) is 66.7 Å². The van der Waals surface area contributed by atoms with Crippen molar-refractivity contribution in [1.29, 1.82) is 0 Å². The van der Waals surface area contributed by atoms with Crippen LogP contribution in [-0.4, -0.2) is 5.91 Å². The Labute approximate surface area is 157 Å². The van der Waals surface area contributed by atoms with E-state index in [1.165, 1.54) is 0 Å². The van der Waals surface area contributed by atoms with E-state index >= 15 is 0 Å². The van der Waals surface area contributed by atoms with Gasteiger partial charge < -0.3 is 10.1 Å². The molecular formula is C23H29NO2. The van der Waals surface area contributed by atoms with E-state index < -0.39 is 0 Å². The standard InChI is InChI=1S/C23H29NO2/c1-3-5-6-7-9-12-19(4-2)23(25)24-20-15-17-22(18-16-20)26-21-13-10-8-11-14-21/h3,5,8,10-11,13-19H,4,6-7,9,12H2,1-2H3,(H,24,25)/b5-3+. The summed E-state index contributed by atoms with van der Waals surface area (Å²) >= 11 is 0. The Morgan fingerprint density at radius 2 is 1.73 bits per heavy atom. The number of allylic oxidation sites excluding steroid dienone is 2. The predicted octanol–water partition coefficient (Wildman–Crippen LogP) is 6.58. The molecule has 1 atom stereocenters. The van der Waals surface area contributed by atoms with Crippen molar-refractivity contribution in [2.45, 2.75) is 46.0 Å². The topological polar surface area (TPSA) is 38.3 Å². The van der Waals surface area contributed by atoms with Crippen molar-refractivity contribution in [3.63, 3.8) is 0 Å². The molecule has 0 aliphatic rings. The second kappa shape index (κ2) is 11.1. The first-order chi connectivity index (χ1) is 12.7. The van der Waals surface area contributed by atoms with Gasteiger partial charge in [-0.25, -0.2) is 0 Å². The Kier molecular flexibility index (Phi) is 8.47. The molecule has 0 radical (unpaired) electrons. The number of benzene rings is 2. The smallest absolute Gasteiger partial charge is 0.227 e. The van der Waals surface area contributed by atoms with Crippen LogP contribution in [-0.2, 0) is 4.79 Å². The number of nitrogens with one attached hydrogen (secondary N) is 1. The molecular weight excluding hydrogens is 322 g/mol. The van der Waals surface area contributed by atoms with Crippen LogP contribution in [0, 0.1) is 5.92 Å². The molecule has 0 spiro atoms. The maximum Gasteiger partial charge on any atom is 0.227 e. The third-order valence-electron chi connectivity index (χ3n) is 4.37. The highest BCUT2D eigenvalue weighted by molar-refractivity contribution is 5.92. The van der Waals surface area contributed by atoms with Gasteiger partial charge in [0.25, 0.3) is 0 Å². The summed E-state index contributed by atoms with van der Waals surface area (Å²) in [6, 6.07) is 17.2. The highest BCUT2D eigenvalue weighted by Gasteiger charge is 2.16. The first-order valence-corrected chi connectivity index (χ1v) is 9.48. The lowest BCUT2D eigenvalue weighted by atomic mass is 9.97. The highest BCUT2D eigenvalue weighted by atomic mass is 16.5. The number of rotatable bonds is 10. The predicted molar refractivity (Wildman–Crippen MR) is 109 cm³/mol. The van der Waals surface area contributed by atoms with Crippen LogP contribution in [0.15, 0.2) is 66.7 Å². The Morgan fingerprint density at radius 3 is 2.38 bits per heavy atom. The van der Waals surface area contributed by atoms with Gasteiger partial charge in [-0.1, -0.05) is 43.7 Å². The van der Waals surface area contributed by atoms with Crippen LogP contribution < -0.4 is 10.1 Å². The number of hydrogen-bond donors (Lipinski definition) is 1. The van der Waals surface area contributed by atoms with Crippen LogP contribution in [0.25, 0.3) is 0 Å². The molecule has 0 heterocycles. The second-order valence-corrected chi connectivity index (χ2v) is 6.39. The first-order valence-electron chi connectivity index (χ1n) is 9.48. The molecule has 0 aromatic heterocycles. The summed E-state index contributed by atoms with van der Waals surface area (Å²) in [7, 11) is 0. The zero-order chi connectivity index (χ0) is 18.6.